The van der Waals surface area contributed by atoms with Crippen molar-refractivity contribution in [2.45, 2.75) is 57.5 Å². The molecule has 0 saturated carbocycles. The summed E-state index contributed by atoms with van der Waals surface area (Å²) in [4.78, 5) is 21.6. The van der Waals surface area contributed by atoms with Crippen LogP contribution in [0.3, 0.4) is 0 Å². The maximum atomic E-state index is 12.5. The van der Waals surface area contributed by atoms with Crippen molar-refractivity contribution in [3.8, 4) is 0 Å². The molecule has 24 heavy (non-hydrogen) atoms. The average molecular weight is 392 g/mol. The summed E-state index contributed by atoms with van der Waals surface area (Å²) in [5.41, 5.74) is -2.06. The first kappa shape index (κ1) is 25.8. The van der Waals surface area contributed by atoms with Gasteiger partial charge in [-0.15, -0.1) is 0 Å². The molecule has 0 rings (SSSR count). The molecule has 0 aliphatic carbocycles. The lowest BCUT2D eigenvalue weighted by molar-refractivity contribution is -0.181. The number of hydrogen-bond donors (Lipinski definition) is 5. The minimum absolute atomic E-state index is 0.0337. The highest BCUT2D eigenvalue weighted by Gasteiger charge is 2.48. The van der Waals surface area contributed by atoms with E-state index in [1.807, 2.05) is 0 Å². The normalized spacial score (nSPS) is 13.7. The minimum Gasteiger partial charge on any atom is -0.313 e. The van der Waals surface area contributed by atoms with E-state index in [2.05, 4.69) is 10.6 Å². The van der Waals surface area contributed by atoms with Crippen LogP contribution in [0.5, 0.6) is 0 Å². The van der Waals surface area contributed by atoms with E-state index in [1.54, 1.807) is 13.8 Å². The SMILES string of the molecule is CCNC(CNC(C)C)(CC(F)(F)F)CC(F)(F)F.O=P(O)(O)O. The molecule has 0 spiro atoms. The van der Waals surface area contributed by atoms with Crippen molar-refractivity contribution in [1.29, 1.82) is 0 Å². The number of alkyl halides is 6. The van der Waals surface area contributed by atoms with Gasteiger partial charge < -0.3 is 25.3 Å². The van der Waals surface area contributed by atoms with Crippen molar-refractivity contribution in [1.82, 2.24) is 10.6 Å². The second-order valence-electron chi connectivity index (χ2n) is 5.44. The van der Waals surface area contributed by atoms with Crippen LogP contribution in [0.1, 0.15) is 33.6 Å². The Hall–Kier alpha value is -0.390. The van der Waals surface area contributed by atoms with Crippen LogP contribution in [0, 0.1) is 0 Å². The van der Waals surface area contributed by atoms with Gasteiger partial charge in [0, 0.05) is 18.1 Å². The molecule has 0 amide bonds. The van der Waals surface area contributed by atoms with Gasteiger partial charge in [-0.3, -0.25) is 0 Å². The fourth-order valence-corrected chi connectivity index (χ4v) is 1.92. The molecule has 13 heteroatoms. The van der Waals surface area contributed by atoms with E-state index in [4.69, 9.17) is 19.2 Å². The molecule has 148 valence electrons. The Morgan fingerprint density at radius 3 is 1.50 bits per heavy atom. The van der Waals surface area contributed by atoms with Crippen LogP contribution >= 0.6 is 7.82 Å². The highest BCUT2D eigenvalue weighted by atomic mass is 31.2. The highest BCUT2D eigenvalue weighted by Crippen LogP contribution is 2.35. The molecule has 0 aliphatic rings. The van der Waals surface area contributed by atoms with Crippen molar-refractivity contribution in [3.63, 3.8) is 0 Å². The van der Waals surface area contributed by atoms with Gasteiger partial charge in [-0.2, -0.15) is 26.3 Å². The lowest BCUT2D eigenvalue weighted by atomic mass is 9.89. The zero-order chi connectivity index (χ0) is 19.8. The predicted octanol–water partition coefficient (Wildman–Crippen LogP) is 2.31. The van der Waals surface area contributed by atoms with E-state index in [-0.39, 0.29) is 12.6 Å². The zero-order valence-electron chi connectivity index (χ0n) is 13.4. The van der Waals surface area contributed by atoms with Crippen LogP contribution in [0.4, 0.5) is 26.3 Å². The van der Waals surface area contributed by atoms with Gasteiger partial charge in [0.25, 0.3) is 0 Å². The summed E-state index contributed by atoms with van der Waals surface area (Å²) in [7, 11) is -4.64. The number of hydrogen-bond acceptors (Lipinski definition) is 3. The smallest absolute Gasteiger partial charge is 0.313 e. The maximum Gasteiger partial charge on any atom is 0.466 e. The van der Waals surface area contributed by atoms with Crippen LogP contribution in [-0.2, 0) is 4.57 Å². The van der Waals surface area contributed by atoms with Gasteiger partial charge in [0.05, 0.1) is 12.8 Å². The molecule has 5 N–H and O–H groups in total. The Bertz CT molecular complexity index is 373. The maximum absolute atomic E-state index is 12.5. The monoisotopic (exact) mass is 392 g/mol. The number of likely N-dealkylation sites (N-methyl/N-ethyl adjacent to an activating group) is 1. The largest absolute Gasteiger partial charge is 0.466 e. The number of phosphoric acid groups is 1. The third-order valence-corrected chi connectivity index (χ3v) is 2.48. The first-order chi connectivity index (χ1) is 10.4. The summed E-state index contributed by atoms with van der Waals surface area (Å²) in [6, 6.07) is -0.195. The second kappa shape index (κ2) is 9.93. The lowest BCUT2D eigenvalue weighted by Gasteiger charge is -2.37. The standard InChI is InChI=1S/C11H20F6N2.H3O4P/c1-4-19-9(5-10(12,13)14,6-11(15,16)17)7-18-8(2)3;1-5(2,3)4/h8,18-19H,4-7H2,1-3H3;(H3,1,2,3,4). The first-order valence-electron chi connectivity index (χ1n) is 6.79. The molecule has 0 aromatic heterocycles. The topological polar surface area (TPSA) is 102 Å². The van der Waals surface area contributed by atoms with E-state index >= 15 is 0 Å². The molecule has 6 nitrogen and oxygen atoms in total. The summed E-state index contributed by atoms with van der Waals surface area (Å²) in [5, 5.41) is 5.02. The van der Waals surface area contributed by atoms with E-state index in [0.29, 0.717) is 0 Å². The lowest BCUT2D eigenvalue weighted by Crippen LogP contribution is -2.57. The van der Waals surface area contributed by atoms with Crippen LogP contribution in [0.2, 0.25) is 0 Å². The molecular formula is C11H23F6N2O4P. The molecule has 0 fully saturated rings. The van der Waals surface area contributed by atoms with Gasteiger partial charge in [0.1, 0.15) is 0 Å². The van der Waals surface area contributed by atoms with Crippen LogP contribution in [0.25, 0.3) is 0 Å². The molecule has 0 unspecified atom stereocenters. The van der Waals surface area contributed by atoms with Crippen molar-refractivity contribution in [2.75, 3.05) is 13.1 Å². The van der Waals surface area contributed by atoms with E-state index in [9.17, 15) is 26.3 Å². The van der Waals surface area contributed by atoms with Gasteiger partial charge in [-0.25, -0.2) is 4.57 Å². The Morgan fingerprint density at radius 2 is 1.29 bits per heavy atom. The number of nitrogens with one attached hydrogen (secondary N) is 2. The van der Waals surface area contributed by atoms with Gasteiger partial charge in [0.15, 0.2) is 0 Å². The second-order valence-corrected chi connectivity index (χ2v) is 6.47. The van der Waals surface area contributed by atoms with Crippen molar-refractivity contribution >= 4 is 7.82 Å². The van der Waals surface area contributed by atoms with E-state index in [1.165, 1.54) is 6.92 Å². The predicted molar refractivity (Wildman–Crippen MR) is 75.2 cm³/mol. The fraction of sp³-hybridized carbons (Fsp3) is 1.00. The van der Waals surface area contributed by atoms with Gasteiger partial charge in [0.2, 0.25) is 0 Å². The molecule has 0 atom stereocenters. The summed E-state index contributed by atoms with van der Waals surface area (Å²) >= 11 is 0. The Balaban J connectivity index is 0. The summed E-state index contributed by atoms with van der Waals surface area (Å²) in [6.45, 7) is 4.45. The first-order valence-corrected chi connectivity index (χ1v) is 8.36. The molecular weight excluding hydrogens is 369 g/mol. The van der Waals surface area contributed by atoms with Gasteiger partial charge in [-0.1, -0.05) is 20.8 Å². The van der Waals surface area contributed by atoms with Crippen LogP contribution < -0.4 is 10.6 Å². The van der Waals surface area contributed by atoms with Gasteiger partial charge >= 0.3 is 20.2 Å². The van der Waals surface area contributed by atoms with Crippen molar-refractivity contribution in [3.05, 3.63) is 0 Å². The molecule has 0 heterocycles. The Labute approximate surface area is 135 Å². The van der Waals surface area contributed by atoms with E-state index in [0.717, 1.165) is 0 Å². The third kappa shape index (κ3) is 19.7. The third-order valence-electron chi connectivity index (χ3n) is 2.48. The number of rotatable bonds is 7. The minimum atomic E-state index is -4.66. The van der Waals surface area contributed by atoms with Crippen molar-refractivity contribution in [2.24, 2.45) is 0 Å². The molecule has 0 saturated heterocycles. The summed E-state index contributed by atoms with van der Waals surface area (Å²) in [5.74, 6) is 0. The van der Waals surface area contributed by atoms with E-state index < -0.39 is 45.1 Å². The Kier molecular flexibility index (Phi) is 10.7. The fourth-order valence-electron chi connectivity index (χ4n) is 1.92. The summed E-state index contributed by atoms with van der Waals surface area (Å²) in [6.07, 6.45) is -12.4. The van der Waals surface area contributed by atoms with Crippen LogP contribution in [0.15, 0.2) is 0 Å². The molecule has 0 aromatic rings. The van der Waals surface area contributed by atoms with Crippen LogP contribution in [-0.4, -0.2) is 51.7 Å². The molecule has 0 radical (unpaired) electrons. The number of halogens is 6. The molecule has 0 bridgehead atoms. The average Bonchev–Trinajstić information content (AvgIpc) is 2.19. The molecule has 0 aromatic carbocycles. The molecule has 0 aliphatic heterocycles. The Morgan fingerprint density at radius 1 is 0.958 bits per heavy atom. The quantitative estimate of drug-likeness (QED) is 0.337. The highest BCUT2D eigenvalue weighted by molar-refractivity contribution is 7.45. The van der Waals surface area contributed by atoms with Crippen molar-refractivity contribution < 1.29 is 45.6 Å². The van der Waals surface area contributed by atoms with Gasteiger partial charge in [-0.05, 0) is 6.54 Å². The zero-order valence-corrected chi connectivity index (χ0v) is 14.3. The summed E-state index contributed by atoms with van der Waals surface area (Å²) < 4.78 is 84.1.